The molecule has 0 atom stereocenters. The fourth-order valence-electron chi connectivity index (χ4n) is 3.92. The normalized spacial score (nSPS) is 15.2. The molecule has 1 aliphatic rings. The van der Waals surface area contributed by atoms with Gasteiger partial charge in [0.2, 0.25) is 10.0 Å². The summed E-state index contributed by atoms with van der Waals surface area (Å²) >= 11 is 1.29. The number of carbonyl (C=O) groups is 2. The van der Waals surface area contributed by atoms with E-state index in [-0.39, 0.29) is 11.5 Å². The van der Waals surface area contributed by atoms with Crippen LogP contribution < -0.4 is 5.32 Å². The van der Waals surface area contributed by atoms with E-state index < -0.39 is 21.9 Å². The van der Waals surface area contributed by atoms with Crippen molar-refractivity contribution in [3.05, 3.63) is 59.7 Å². The second-order valence-electron chi connectivity index (χ2n) is 7.82. The highest BCUT2D eigenvalue weighted by molar-refractivity contribution is 7.89. The van der Waals surface area contributed by atoms with E-state index in [0.29, 0.717) is 29.2 Å². The molecule has 1 saturated heterocycles. The summed E-state index contributed by atoms with van der Waals surface area (Å²) in [6.45, 7) is 3.00. The molecule has 0 radical (unpaired) electrons. The summed E-state index contributed by atoms with van der Waals surface area (Å²) in [5, 5.41) is 3.93. The average molecular weight is 487 g/mol. The van der Waals surface area contributed by atoms with Crippen LogP contribution >= 0.6 is 11.3 Å². The number of sulfonamides is 1. The lowest BCUT2D eigenvalue weighted by atomic mass is 10.1. The minimum Gasteiger partial charge on any atom is -0.462 e. The van der Waals surface area contributed by atoms with Gasteiger partial charge in [-0.1, -0.05) is 31.0 Å². The molecule has 9 heteroatoms. The molecule has 2 aromatic carbocycles. The molecule has 0 spiro atoms. The van der Waals surface area contributed by atoms with E-state index in [4.69, 9.17) is 4.74 Å². The Kier molecular flexibility index (Phi) is 7.11. The number of carbonyl (C=O) groups excluding carboxylic acids is 2. The van der Waals surface area contributed by atoms with E-state index >= 15 is 0 Å². The molecule has 1 aliphatic heterocycles. The molecule has 174 valence electrons. The van der Waals surface area contributed by atoms with E-state index in [2.05, 4.69) is 5.32 Å². The van der Waals surface area contributed by atoms with Gasteiger partial charge in [-0.3, -0.25) is 4.79 Å². The molecule has 7 nitrogen and oxygen atoms in total. The third-order valence-corrected chi connectivity index (χ3v) is 8.62. The summed E-state index contributed by atoms with van der Waals surface area (Å²) in [5.74, 6) is -0.921. The fraction of sp³-hybridized carbons (Fsp3) is 0.333. The molecular formula is C24H26N2O5S2. The van der Waals surface area contributed by atoms with E-state index in [1.54, 1.807) is 6.92 Å². The maximum absolute atomic E-state index is 13.0. The fourth-order valence-corrected chi connectivity index (χ4v) is 6.53. The Balaban J connectivity index is 1.57. The van der Waals surface area contributed by atoms with Crippen LogP contribution in [0.2, 0.25) is 0 Å². The molecule has 1 amide bonds. The van der Waals surface area contributed by atoms with Crippen LogP contribution in [0.15, 0.2) is 53.4 Å². The summed E-state index contributed by atoms with van der Waals surface area (Å²) in [6.07, 6.45) is 3.79. The third kappa shape index (κ3) is 4.95. The predicted octanol–water partition coefficient (Wildman–Crippen LogP) is 4.90. The van der Waals surface area contributed by atoms with E-state index in [1.165, 1.54) is 39.9 Å². The Bertz CT molecular complexity index is 1260. The van der Waals surface area contributed by atoms with Gasteiger partial charge in [0.05, 0.1) is 11.5 Å². The minimum absolute atomic E-state index is 0.176. The highest BCUT2D eigenvalue weighted by Crippen LogP contribution is 2.36. The maximum Gasteiger partial charge on any atom is 0.341 e. The SMILES string of the molecule is CCOC(=O)c1c(NC(=O)c2ccc(S(=O)(=O)N3CCCCCC3)cc2)sc2ccccc12. The van der Waals surface area contributed by atoms with Gasteiger partial charge in [0.1, 0.15) is 10.6 Å². The second-order valence-corrected chi connectivity index (χ2v) is 10.8. The Morgan fingerprint density at radius 2 is 1.67 bits per heavy atom. The topological polar surface area (TPSA) is 92.8 Å². The van der Waals surface area contributed by atoms with Gasteiger partial charge >= 0.3 is 5.97 Å². The Hall–Kier alpha value is -2.75. The first-order valence-electron chi connectivity index (χ1n) is 11.0. The lowest BCUT2D eigenvalue weighted by Gasteiger charge is -2.20. The van der Waals surface area contributed by atoms with Crippen LogP contribution in [-0.4, -0.2) is 44.3 Å². The zero-order valence-corrected chi connectivity index (χ0v) is 20.0. The van der Waals surface area contributed by atoms with Crippen LogP contribution in [0.25, 0.3) is 10.1 Å². The minimum atomic E-state index is -3.59. The van der Waals surface area contributed by atoms with Crippen molar-refractivity contribution in [3.63, 3.8) is 0 Å². The molecule has 2 heterocycles. The molecule has 33 heavy (non-hydrogen) atoms. The number of rotatable bonds is 6. The first kappa shape index (κ1) is 23.4. The number of nitrogens with zero attached hydrogens (tertiary/aromatic N) is 1. The summed E-state index contributed by atoms with van der Waals surface area (Å²) in [5.41, 5.74) is 0.628. The molecule has 0 bridgehead atoms. The van der Waals surface area contributed by atoms with Gasteiger partial charge in [0, 0.05) is 28.7 Å². The van der Waals surface area contributed by atoms with Crippen LogP contribution in [0.3, 0.4) is 0 Å². The molecule has 1 N–H and O–H groups in total. The standard InChI is InChI=1S/C24H26N2O5S2/c1-2-31-24(28)21-19-9-5-6-10-20(19)32-23(21)25-22(27)17-11-13-18(14-12-17)33(29,30)26-15-7-3-4-8-16-26/h5-6,9-14H,2-4,7-8,15-16H2,1H3,(H,25,27). The Morgan fingerprint density at radius 1 is 1.00 bits per heavy atom. The van der Waals surface area contributed by atoms with Crippen LogP contribution in [0.5, 0.6) is 0 Å². The number of anilines is 1. The third-order valence-electron chi connectivity index (χ3n) is 5.62. The van der Waals surface area contributed by atoms with Gasteiger partial charge in [-0.25, -0.2) is 13.2 Å². The lowest BCUT2D eigenvalue weighted by molar-refractivity contribution is 0.0530. The largest absolute Gasteiger partial charge is 0.462 e. The number of hydrogen-bond acceptors (Lipinski definition) is 6. The van der Waals surface area contributed by atoms with E-state index in [0.717, 1.165) is 35.8 Å². The van der Waals surface area contributed by atoms with Crippen molar-refractivity contribution in [1.82, 2.24) is 4.31 Å². The quantitative estimate of drug-likeness (QED) is 0.501. The predicted molar refractivity (Wildman–Crippen MR) is 129 cm³/mol. The van der Waals surface area contributed by atoms with Crippen molar-refractivity contribution in [1.29, 1.82) is 0 Å². The molecule has 1 aromatic heterocycles. The maximum atomic E-state index is 13.0. The smallest absolute Gasteiger partial charge is 0.341 e. The van der Waals surface area contributed by atoms with Crippen LogP contribution in [0, 0.1) is 0 Å². The first-order chi connectivity index (χ1) is 15.9. The molecule has 4 rings (SSSR count). The van der Waals surface area contributed by atoms with Crippen molar-refractivity contribution >= 4 is 48.3 Å². The van der Waals surface area contributed by atoms with Crippen molar-refractivity contribution in [2.24, 2.45) is 0 Å². The van der Waals surface area contributed by atoms with Gasteiger partial charge in [-0.05, 0) is 50.1 Å². The highest BCUT2D eigenvalue weighted by atomic mass is 32.2. The summed E-state index contributed by atoms with van der Waals surface area (Å²) in [4.78, 5) is 25.6. The first-order valence-corrected chi connectivity index (χ1v) is 13.3. The molecular weight excluding hydrogens is 460 g/mol. The number of amides is 1. The van der Waals surface area contributed by atoms with E-state index in [1.807, 2.05) is 24.3 Å². The van der Waals surface area contributed by atoms with Gasteiger partial charge < -0.3 is 10.1 Å². The Labute approximate surface area is 197 Å². The van der Waals surface area contributed by atoms with E-state index in [9.17, 15) is 18.0 Å². The number of benzene rings is 2. The molecule has 0 saturated carbocycles. The number of thiophene rings is 1. The monoisotopic (exact) mass is 486 g/mol. The van der Waals surface area contributed by atoms with Gasteiger partial charge in [-0.15, -0.1) is 11.3 Å². The van der Waals surface area contributed by atoms with Crippen molar-refractivity contribution in [2.75, 3.05) is 25.0 Å². The molecule has 3 aromatic rings. The number of nitrogens with one attached hydrogen (secondary N) is 1. The van der Waals surface area contributed by atoms with Crippen LogP contribution in [-0.2, 0) is 14.8 Å². The van der Waals surface area contributed by atoms with Gasteiger partial charge in [-0.2, -0.15) is 4.31 Å². The van der Waals surface area contributed by atoms with Crippen LogP contribution in [0.4, 0.5) is 5.00 Å². The molecule has 0 aliphatic carbocycles. The number of hydrogen-bond donors (Lipinski definition) is 1. The molecule has 1 fully saturated rings. The number of ether oxygens (including phenoxy) is 1. The summed E-state index contributed by atoms with van der Waals surface area (Å²) in [6, 6.07) is 13.3. The molecule has 0 unspecified atom stereocenters. The summed E-state index contributed by atoms with van der Waals surface area (Å²) < 4.78 is 33.5. The van der Waals surface area contributed by atoms with Crippen molar-refractivity contribution < 1.29 is 22.7 Å². The summed E-state index contributed by atoms with van der Waals surface area (Å²) in [7, 11) is -3.59. The van der Waals surface area contributed by atoms with Gasteiger partial charge in [0.15, 0.2) is 0 Å². The highest BCUT2D eigenvalue weighted by Gasteiger charge is 2.26. The average Bonchev–Trinajstić information content (AvgIpc) is 2.97. The number of fused-ring (bicyclic) bond motifs is 1. The van der Waals surface area contributed by atoms with Crippen molar-refractivity contribution in [3.8, 4) is 0 Å². The van der Waals surface area contributed by atoms with Crippen molar-refractivity contribution in [2.45, 2.75) is 37.5 Å². The van der Waals surface area contributed by atoms with Crippen LogP contribution in [0.1, 0.15) is 53.3 Å². The zero-order valence-electron chi connectivity index (χ0n) is 18.4. The Morgan fingerprint density at radius 3 is 2.33 bits per heavy atom. The lowest BCUT2D eigenvalue weighted by Crippen LogP contribution is -2.31. The second kappa shape index (κ2) is 10.0. The zero-order chi connectivity index (χ0) is 23.4. The number of esters is 1. The van der Waals surface area contributed by atoms with Gasteiger partial charge in [0.25, 0.3) is 5.91 Å².